The van der Waals surface area contributed by atoms with Crippen LogP contribution in [-0.2, 0) is 4.79 Å². The molecule has 1 amide bonds. The Morgan fingerprint density at radius 3 is 2.95 bits per heavy atom. The minimum absolute atomic E-state index is 0.152. The molecule has 0 aliphatic rings. The zero-order valence-corrected chi connectivity index (χ0v) is 13.6. The first-order valence-corrected chi connectivity index (χ1v) is 8.60. The Balaban J connectivity index is 1.56. The van der Waals surface area contributed by atoms with Crippen LogP contribution in [0.2, 0.25) is 5.02 Å². The number of aromatic nitrogens is 3. The number of nitrogens with zero attached hydrogens (tertiary/aromatic N) is 2. The summed E-state index contributed by atoms with van der Waals surface area (Å²) in [6, 6.07) is 11.0. The average Bonchev–Trinajstić information content (AvgIpc) is 3.18. The summed E-state index contributed by atoms with van der Waals surface area (Å²) in [4.78, 5) is 17.3. The number of thioether (sulfide) groups is 1. The number of para-hydroxylation sites is 1. The highest BCUT2D eigenvalue weighted by Gasteiger charge is 2.10. The third-order valence-electron chi connectivity index (χ3n) is 2.70. The molecule has 22 heavy (non-hydrogen) atoms. The predicted octanol–water partition coefficient (Wildman–Crippen LogP) is 3.92. The lowest BCUT2D eigenvalue weighted by Crippen LogP contribution is -2.14. The molecule has 0 atom stereocenters. The van der Waals surface area contributed by atoms with Gasteiger partial charge in [-0.3, -0.25) is 9.89 Å². The SMILES string of the molecule is O=C(CSc1n[nH]c(-c2cccs2)n1)Nc1ccccc1Cl. The number of hydrogen-bond acceptors (Lipinski definition) is 5. The Morgan fingerprint density at radius 1 is 1.32 bits per heavy atom. The van der Waals surface area contributed by atoms with Crippen molar-refractivity contribution in [1.82, 2.24) is 15.2 Å². The first kappa shape index (κ1) is 15.1. The summed E-state index contributed by atoms with van der Waals surface area (Å²) in [5.41, 5.74) is 0.601. The molecule has 112 valence electrons. The van der Waals surface area contributed by atoms with Gasteiger partial charge in [0.15, 0.2) is 5.82 Å². The summed E-state index contributed by atoms with van der Waals surface area (Å²) < 4.78 is 0. The lowest BCUT2D eigenvalue weighted by atomic mass is 10.3. The number of amides is 1. The lowest BCUT2D eigenvalue weighted by molar-refractivity contribution is -0.113. The Morgan fingerprint density at radius 2 is 2.18 bits per heavy atom. The number of halogens is 1. The highest BCUT2D eigenvalue weighted by atomic mass is 35.5. The normalized spacial score (nSPS) is 10.6. The Kier molecular flexibility index (Phi) is 4.77. The smallest absolute Gasteiger partial charge is 0.234 e. The molecule has 3 rings (SSSR count). The number of aromatic amines is 1. The van der Waals surface area contributed by atoms with Crippen LogP contribution in [0.1, 0.15) is 0 Å². The Hall–Kier alpha value is -1.83. The maximum absolute atomic E-state index is 11.9. The summed E-state index contributed by atoms with van der Waals surface area (Å²) in [7, 11) is 0. The summed E-state index contributed by atoms with van der Waals surface area (Å²) in [5, 5.41) is 12.7. The first-order chi connectivity index (χ1) is 10.7. The molecule has 0 fully saturated rings. The van der Waals surface area contributed by atoms with E-state index >= 15 is 0 Å². The Bertz CT molecular complexity index is 773. The summed E-state index contributed by atoms with van der Waals surface area (Å²) in [6.07, 6.45) is 0. The van der Waals surface area contributed by atoms with Crippen LogP contribution < -0.4 is 5.32 Å². The van der Waals surface area contributed by atoms with Crippen molar-refractivity contribution in [2.45, 2.75) is 5.16 Å². The van der Waals surface area contributed by atoms with Crippen molar-refractivity contribution < 1.29 is 4.79 Å². The second kappa shape index (κ2) is 6.95. The number of benzene rings is 1. The van der Waals surface area contributed by atoms with Crippen molar-refractivity contribution in [2.24, 2.45) is 0 Å². The van der Waals surface area contributed by atoms with Gasteiger partial charge in [-0.05, 0) is 23.6 Å². The van der Waals surface area contributed by atoms with Gasteiger partial charge in [-0.25, -0.2) is 4.98 Å². The van der Waals surface area contributed by atoms with Crippen molar-refractivity contribution in [1.29, 1.82) is 0 Å². The second-order valence-electron chi connectivity index (χ2n) is 4.26. The number of thiophene rings is 1. The van der Waals surface area contributed by atoms with Crippen molar-refractivity contribution >= 4 is 46.3 Å². The number of hydrogen-bond donors (Lipinski definition) is 2. The molecular formula is C14H11ClN4OS2. The first-order valence-electron chi connectivity index (χ1n) is 6.36. The quantitative estimate of drug-likeness (QED) is 0.684. The van der Waals surface area contributed by atoms with E-state index in [0.29, 0.717) is 21.7 Å². The summed E-state index contributed by atoms with van der Waals surface area (Å²) in [5.74, 6) is 0.775. The molecule has 2 aromatic heterocycles. The average molecular weight is 351 g/mol. The van der Waals surface area contributed by atoms with Crippen LogP contribution in [0.15, 0.2) is 46.9 Å². The number of carbonyl (C=O) groups excluding carboxylic acids is 1. The van der Waals surface area contributed by atoms with Gasteiger partial charge in [0.2, 0.25) is 11.1 Å². The third kappa shape index (κ3) is 3.68. The molecule has 5 nitrogen and oxygen atoms in total. The maximum Gasteiger partial charge on any atom is 0.234 e. The fraction of sp³-hybridized carbons (Fsp3) is 0.0714. The minimum Gasteiger partial charge on any atom is -0.324 e. The van der Waals surface area contributed by atoms with Crippen LogP contribution in [0.5, 0.6) is 0 Å². The fourth-order valence-electron chi connectivity index (χ4n) is 1.71. The van der Waals surface area contributed by atoms with Crippen LogP contribution in [0, 0.1) is 0 Å². The van der Waals surface area contributed by atoms with Crippen LogP contribution in [0.3, 0.4) is 0 Å². The summed E-state index contributed by atoms with van der Waals surface area (Å²) >= 11 is 8.84. The molecule has 0 aliphatic heterocycles. The highest BCUT2D eigenvalue weighted by Crippen LogP contribution is 2.24. The monoisotopic (exact) mass is 350 g/mol. The molecule has 2 N–H and O–H groups in total. The van der Waals surface area contributed by atoms with E-state index in [2.05, 4.69) is 20.5 Å². The molecule has 0 spiro atoms. The molecule has 0 radical (unpaired) electrons. The zero-order valence-electron chi connectivity index (χ0n) is 11.2. The number of anilines is 1. The molecule has 0 bridgehead atoms. The standard InChI is InChI=1S/C14H11ClN4OS2/c15-9-4-1-2-5-10(9)16-12(20)8-22-14-17-13(18-19-14)11-6-3-7-21-11/h1-7H,8H2,(H,16,20)(H,17,18,19). The van der Waals surface area contributed by atoms with Gasteiger partial charge in [-0.15, -0.1) is 16.4 Å². The number of rotatable bonds is 5. The van der Waals surface area contributed by atoms with Crippen LogP contribution in [0.4, 0.5) is 5.69 Å². The molecule has 8 heteroatoms. The highest BCUT2D eigenvalue weighted by molar-refractivity contribution is 7.99. The van der Waals surface area contributed by atoms with E-state index < -0.39 is 0 Å². The van der Waals surface area contributed by atoms with Crippen molar-refractivity contribution in [3.05, 3.63) is 46.8 Å². The lowest BCUT2D eigenvalue weighted by Gasteiger charge is -2.05. The van der Waals surface area contributed by atoms with E-state index in [1.165, 1.54) is 11.8 Å². The predicted molar refractivity (Wildman–Crippen MR) is 90.5 cm³/mol. The maximum atomic E-state index is 11.9. The molecule has 2 heterocycles. The van der Waals surface area contributed by atoms with Crippen molar-refractivity contribution in [2.75, 3.05) is 11.1 Å². The van der Waals surface area contributed by atoms with E-state index in [9.17, 15) is 4.79 Å². The van der Waals surface area contributed by atoms with Crippen LogP contribution in [-0.4, -0.2) is 26.8 Å². The molecular weight excluding hydrogens is 340 g/mol. The van der Waals surface area contributed by atoms with E-state index in [4.69, 9.17) is 11.6 Å². The minimum atomic E-state index is -0.152. The number of nitrogens with one attached hydrogen (secondary N) is 2. The molecule has 0 unspecified atom stereocenters. The summed E-state index contributed by atoms with van der Waals surface area (Å²) in [6.45, 7) is 0. The zero-order chi connectivity index (χ0) is 15.4. The van der Waals surface area contributed by atoms with E-state index in [1.54, 1.807) is 23.5 Å². The van der Waals surface area contributed by atoms with Crippen molar-refractivity contribution in [3.63, 3.8) is 0 Å². The molecule has 0 saturated carbocycles. The van der Waals surface area contributed by atoms with Gasteiger partial charge in [0.25, 0.3) is 0 Å². The van der Waals surface area contributed by atoms with Gasteiger partial charge >= 0.3 is 0 Å². The number of H-pyrrole nitrogens is 1. The van der Waals surface area contributed by atoms with Crippen molar-refractivity contribution in [3.8, 4) is 10.7 Å². The Labute approximate surface area is 140 Å². The molecule has 0 saturated heterocycles. The fourth-order valence-corrected chi connectivity index (χ4v) is 3.16. The van der Waals surface area contributed by atoms with E-state index in [1.807, 2.05) is 29.6 Å². The largest absolute Gasteiger partial charge is 0.324 e. The van der Waals surface area contributed by atoms with Gasteiger partial charge in [-0.1, -0.05) is 41.6 Å². The molecule has 0 aliphatic carbocycles. The van der Waals surface area contributed by atoms with E-state index in [0.717, 1.165) is 4.88 Å². The number of carbonyl (C=O) groups is 1. The third-order valence-corrected chi connectivity index (χ3v) is 4.75. The van der Waals surface area contributed by atoms with Gasteiger partial charge in [0.05, 0.1) is 21.3 Å². The molecule has 3 aromatic rings. The van der Waals surface area contributed by atoms with E-state index in [-0.39, 0.29) is 11.7 Å². The van der Waals surface area contributed by atoms with Crippen LogP contribution in [0.25, 0.3) is 10.7 Å². The van der Waals surface area contributed by atoms with Gasteiger partial charge in [0, 0.05) is 0 Å². The molecule has 1 aromatic carbocycles. The van der Waals surface area contributed by atoms with Gasteiger partial charge in [0.1, 0.15) is 0 Å². The van der Waals surface area contributed by atoms with Gasteiger partial charge < -0.3 is 5.32 Å². The second-order valence-corrected chi connectivity index (χ2v) is 6.56. The van der Waals surface area contributed by atoms with Gasteiger partial charge in [-0.2, -0.15) is 0 Å². The van der Waals surface area contributed by atoms with Crippen LogP contribution >= 0.6 is 34.7 Å². The topological polar surface area (TPSA) is 70.7 Å².